The highest BCUT2D eigenvalue weighted by Gasteiger charge is 2.31. The normalized spacial score (nSPS) is 24.0. The van der Waals surface area contributed by atoms with Crippen LogP contribution in [0.3, 0.4) is 0 Å². The third-order valence-corrected chi connectivity index (χ3v) is 6.51. The fourth-order valence-corrected chi connectivity index (χ4v) is 4.65. The van der Waals surface area contributed by atoms with Crippen LogP contribution in [-0.2, 0) is 14.8 Å². The minimum absolute atomic E-state index is 0. The molecule has 3 rings (SSSR count). The van der Waals surface area contributed by atoms with E-state index >= 15 is 0 Å². The summed E-state index contributed by atoms with van der Waals surface area (Å²) in [6.45, 7) is 2.66. The molecule has 2 heterocycles. The first-order valence-corrected chi connectivity index (χ1v) is 9.78. The number of halogens is 1. The van der Waals surface area contributed by atoms with E-state index in [0.29, 0.717) is 32.8 Å². The first-order valence-electron chi connectivity index (χ1n) is 8.34. The smallest absolute Gasteiger partial charge is 0.252 e. The van der Waals surface area contributed by atoms with Crippen LogP contribution in [-0.4, -0.2) is 75.8 Å². The Labute approximate surface area is 159 Å². The minimum atomic E-state index is -3.76. The van der Waals surface area contributed by atoms with Crippen molar-refractivity contribution in [3.8, 4) is 0 Å². The Morgan fingerprint density at radius 1 is 1.27 bits per heavy atom. The van der Waals surface area contributed by atoms with Crippen molar-refractivity contribution in [1.29, 1.82) is 0 Å². The highest BCUT2D eigenvalue weighted by Crippen LogP contribution is 2.21. The Hall–Kier alpha value is -1.23. The van der Waals surface area contributed by atoms with Gasteiger partial charge in [0.2, 0.25) is 10.0 Å². The van der Waals surface area contributed by atoms with Crippen LogP contribution in [0.1, 0.15) is 10.4 Å². The molecule has 26 heavy (non-hydrogen) atoms. The quantitative estimate of drug-likeness (QED) is 0.606. The number of nitrogens with one attached hydrogen (secondary N) is 2. The maximum Gasteiger partial charge on any atom is 0.252 e. The highest BCUT2D eigenvalue weighted by atomic mass is 35.5. The number of nitrogens with zero attached hydrogens (tertiary/aromatic N) is 1. The van der Waals surface area contributed by atoms with Crippen LogP contribution in [0, 0.1) is 5.92 Å². The summed E-state index contributed by atoms with van der Waals surface area (Å²) in [6, 6.07) is 6.20. The standard InChI is InChI=1S/C16H23N3O5S.ClH/c20-14-11-17-9-12(14)10-18-16(21)13-3-1-2-4-15(13)25(22,23)19-5-7-24-8-6-19;/h1-4,12,14,17,20H,5-11H2,(H,18,21);1H. The molecule has 2 aliphatic rings. The van der Waals surface area contributed by atoms with E-state index in [1.54, 1.807) is 12.1 Å². The Kier molecular flexibility index (Phi) is 7.39. The van der Waals surface area contributed by atoms with Crippen molar-refractivity contribution < 1.29 is 23.1 Å². The minimum Gasteiger partial charge on any atom is -0.391 e. The van der Waals surface area contributed by atoms with Gasteiger partial charge in [-0.05, 0) is 12.1 Å². The maximum atomic E-state index is 12.9. The number of ether oxygens (including phenoxy) is 1. The van der Waals surface area contributed by atoms with Crippen molar-refractivity contribution in [1.82, 2.24) is 14.9 Å². The van der Waals surface area contributed by atoms with Crippen LogP contribution in [0.2, 0.25) is 0 Å². The number of carbonyl (C=O) groups excluding carboxylic acids is 1. The second-order valence-corrected chi connectivity index (χ2v) is 8.11. The van der Waals surface area contributed by atoms with E-state index in [2.05, 4.69) is 10.6 Å². The summed E-state index contributed by atoms with van der Waals surface area (Å²) in [5.41, 5.74) is 0.120. The number of benzene rings is 1. The SMILES string of the molecule is Cl.O=C(NCC1CNCC1O)c1ccccc1S(=O)(=O)N1CCOCC1. The fourth-order valence-electron chi connectivity index (χ4n) is 3.05. The van der Waals surface area contributed by atoms with E-state index in [0.717, 1.165) is 0 Å². The van der Waals surface area contributed by atoms with Crippen molar-refractivity contribution in [3.05, 3.63) is 29.8 Å². The zero-order chi connectivity index (χ0) is 17.9. The number of hydrogen-bond acceptors (Lipinski definition) is 6. The molecule has 3 N–H and O–H groups in total. The fraction of sp³-hybridized carbons (Fsp3) is 0.562. The molecule has 0 saturated carbocycles. The van der Waals surface area contributed by atoms with E-state index in [-0.39, 0.29) is 41.9 Å². The number of β-amino-alcohol motifs (C(OH)–C–C–N with tert-alkyl or cyclic N) is 1. The van der Waals surface area contributed by atoms with Crippen LogP contribution in [0.25, 0.3) is 0 Å². The first-order chi connectivity index (χ1) is 12.0. The van der Waals surface area contributed by atoms with Crippen LogP contribution >= 0.6 is 12.4 Å². The number of morpholine rings is 1. The summed E-state index contributed by atoms with van der Waals surface area (Å²) in [7, 11) is -3.76. The molecule has 2 atom stereocenters. The predicted octanol–water partition coefficient (Wildman–Crippen LogP) is -0.561. The summed E-state index contributed by atoms with van der Waals surface area (Å²) in [5, 5.41) is 15.6. The molecule has 10 heteroatoms. The Bertz CT molecular complexity index is 724. The largest absolute Gasteiger partial charge is 0.391 e. The van der Waals surface area contributed by atoms with E-state index in [1.807, 2.05) is 0 Å². The lowest BCUT2D eigenvalue weighted by Gasteiger charge is -2.26. The lowest BCUT2D eigenvalue weighted by molar-refractivity contribution is 0.0729. The zero-order valence-corrected chi connectivity index (χ0v) is 15.9. The van der Waals surface area contributed by atoms with Crippen molar-refractivity contribution in [2.24, 2.45) is 5.92 Å². The summed E-state index contributed by atoms with van der Waals surface area (Å²) >= 11 is 0. The van der Waals surface area contributed by atoms with Gasteiger partial charge in [-0.1, -0.05) is 12.1 Å². The average molecular weight is 406 g/mol. The highest BCUT2D eigenvalue weighted by molar-refractivity contribution is 7.89. The first kappa shape index (κ1) is 21.1. The number of hydrogen-bond donors (Lipinski definition) is 3. The van der Waals surface area contributed by atoms with Gasteiger partial charge in [0.1, 0.15) is 0 Å². The van der Waals surface area contributed by atoms with Crippen molar-refractivity contribution >= 4 is 28.3 Å². The van der Waals surface area contributed by atoms with Crippen molar-refractivity contribution in [3.63, 3.8) is 0 Å². The van der Waals surface area contributed by atoms with Crippen LogP contribution in [0.5, 0.6) is 0 Å². The molecule has 1 amide bonds. The van der Waals surface area contributed by atoms with Gasteiger partial charge in [0.05, 0.1) is 29.8 Å². The third-order valence-electron chi connectivity index (χ3n) is 4.55. The summed E-state index contributed by atoms with van der Waals surface area (Å²) in [6.07, 6.45) is -0.507. The molecule has 0 aromatic heterocycles. The Balaban J connectivity index is 0.00000243. The molecule has 0 bridgehead atoms. The van der Waals surface area contributed by atoms with Gasteiger partial charge in [-0.25, -0.2) is 8.42 Å². The topological polar surface area (TPSA) is 108 Å². The number of rotatable bonds is 5. The molecule has 2 unspecified atom stereocenters. The lowest BCUT2D eigenvalue weighted by atomic mass is 10.1. The average Bonchev–Trinajstić information content (AvgIpc) is 3.05. The van der Waals surface area contributed by atoms with Gasteiger partial charge < -0.3 is 20.5 Å². The molecule has 8 nitrogen and oxygen atoms in total. The Morgan fingerprint density at radius 3 is 2.62 bits per heavy atom. The summed E-state index contributed by atoms with van der Waals surface area (Å²) in [4.78, 5) is 12.5. The van der Waals surface area contributed by atoms with Crippen LogP contribution in [0.15, 0.2) is 29.2 Å². The van der Waals surface area contributed by atoms with E-state index in [9.17, 15) is 18.3 Å². The summed E-state index contributed by atoms with van der Waals surface area (Å²) in [5.74, 6) is -0.529. The van der Waals surface area contributed by atoms with Gasteiger partial charge in [-0.15, -0.1) is 12.4 Å². The van der Waals surface area contributed by atoms with Crippen LogP contribution < -0.4 is 10.6 Å². The Morgan fingerprint density at radius 2 is 1.96 bits per heavy atom. The number of aliphatic hydroxyl groups is 1. The monoisotopic (exact) mass is 405 g/mol. The van der Waals surface area contributed by atoms with E-state index in [4.69, 9.17) is 4.74 Å². The van der Waals surface area contributed by atoms with Gasteiger partial charge in [0.15, 0.2) is 0 Å². The molecule has 2 saturated heterocycles. The second kappa shape index (κ2) is 9.12. The van der Waals surface area contributed by atoms with Crippen LogP contribution in [0.4, 0.5) is 0 Å². The molecule has 146 valence electrons. The lowest BCUT2D eigenvalue weighted by Crippen LogP contribution is -2.41. The maximum absolute atomic E-state index is 12.9. The number of aliphatic hydroxyl groups excluding tert-OH is 1. The molecule has 2 aliphatic heterocycles. The predicted molar refractivity (Wildman–Crippen MR) is 98.0 cm³/mol. The van der Waals surface area contributed by atoms with Crippen molar-refractivity contribution in [2.75, 3.05) is 45.9 Å². The molecular formula is C16H24ClN3O5S. The number of carbonyl (C=O) groups is 1. The van der Waals surface area contributed by atoms with E-state index in [1.165, 1.54) is 16.4 Å². The molecule has 1 aromatic carbocycles. The molecule has 0 radical (unpaired) electrons. The number of amides is 1. The molecule has 2 fully saturated rings. The van der Waals surface area contributed by atoms with Crippen molar-refractivity contribution in [2.45, 2.75) is 11.0 Å². The molecule has 1 aromatic rings. The van der Waals surface area contributed by atoms with Gasteiger partial charge in [0.25, 0.3) is 5.91 Å². The van der Waals surface area contributed by atoms with Gasteiger partial charge in [0, 0.05) is 38.6 Å². The molecular weight excluding hydrogens is 382 g/mol. The van der Waals surface area contributed by atoms with Gasteiger partial charge in [-0.2, -0.15) is 4.31 Å². The number of sulfonamides is 1. The van der Waals surface area contributed by atoms with Gasteiger partial charge in [-0.3, -0.25) is 4.79 Å². The summed E-state index contributed by atoms with van der Waals surface area (Å²) < 4.78 is 32.3. The second-order valence-electron chi connectivity index (χ2n) is 6.21. The zero-order valence-electron chi connectivity index (χ0n) is 14.3. The third kappa shape index (κ3) is 4.54. The van der Waals surface area contributed by atoms with E-state index < -0.39 is 22.0 Å². The van der Waals surface area contributed by atoms with Gasteiger partial charge >= 0.3 is 0 Å². The molecule has 0 aliphatic carbocycles. The molecule has 0 spiro atoms.